The lowest BCUT2D eigenvalue weighted by atomic mass is 9.56. The SMILES string of the molecule is C[C@H]1[C@@H]2C=CC(=O)[C@@H](C)[C@@H]2[C@@H]1OC1CCCCO1. The molecule has 18 heavy (non-hydrogen) atoms. The van der Waals surface area contributed by atoms with E-state index in [1.54, 1.807) is 6.08 Å². The number of hydrogen-bond donors (Lipinski definition) is 0. The van der Waals surface area contributed by atoms with Gasteiger partial charge in [-0.3, -0.25) is 4.79 Å². The fourth-order valence-electron chi connectivity index (χ4n) is 3.67. The summed E-state index contributed by atoms with van der Waals surface area (Å²) in [5.41, 5.74) is 0. The highest BCUT2D eigenvalue weighted by Crippen LogP contribution is 2.50. The van der Waals surface area contributed by atoms with Crippen LogP contribution in [0.25, 0.3) is 0 Å². The average molecular weight is 250 g/mol. The summed E-state index contributed by atoms with van der Waals surface area (Å²) in [7, 11) is 0. The molecule has 100 valence electrons. The number of fused-ring (bicyclic) bond motifs is 1. The Kier molecular flexibility index (Phi) is 3.29. The van der Waals surface area contributed by atoms with Gasteiger partial charge in [-0.2, -0.15) is 0 Å². The van der Waals surface area contributed by atoms with Crippen LogP contribution in [-0.2, 0) is 14.3 Å². The lowest BCUT2D eigenvalue weighted by molar-refractivity contribution is -0.249. The van der Waals surface area contributed by atoms with Crippen LogP contribution >= 0.6 is 0 Å². The van der Waals surface area contributed by atoms with E-state index < -0.39 is 0 Å². The Bertz CT molecular complexity index is 357. The van der Waals surface area contributed by atoms with Gasteiger partial charge in [0.25, 0.3) is 0 Å². The molecule has 0 aromatic rings. The first kappa shape index (κ1) is 12.4. The van der Waals surface area contributed by atoms with E-state index in [9.17, 15) is 4.79 Å². The first-order valence-electron chi connectivity index (χ1n) is 7.17. The highest BCUT2D eigenvalue weighted by Gasteiger charge is 2.53. The molecule has 3 nitrogen and oxygen atoms in total. The van der Waals surface area contributed by atoms with E-state index >= 15 is 0 Å². The zero-order chi connectivity index (χ0) is 12.7. The Labute approximate surface area is 109 Å². The van der Waals surface area contributed by atoms with Crippen LogP contribution in [-0.4, -0.2) is 24.8 Å². The minimum absolute atomic E-state index is 0.0413. The molecule has 6 atom stereocenters. The molecule has 3 heteroatoms. The summed E-state index contributed by atoms with van der Waals surface area (Å²) in [6.07, 6.45) is 7.33. The maximum Gasteiger partial charge on any atom is 0.158 e. The van der Waals surface area contributed by atoms with Crippen molar-refractivity contribution >= 4 is 5.78 Å². The number of ketones is 1. The van der Waals surface area contributed by atoms with Crippen molar-refractivity contribution in [3.05, 3.63) is 12.2 Å². The predicted molar refractivity (Wildman–Crippen MR) is 67.9 cm³/mol. The lowest BCUT2D eigenvalue weighted by Crippen LogP contribution is -2.57. The number of carbonyl (C=O) groups excluding carboxylic acids is 1. The number of carbonyl (C=O) groups is 1. The van der Waals surface area contributed by atoms with Crippen molar-refractivity contribution in [3.63, 3.8) is 0 Å². The molecule has 0 bridgehead atoms. The van der Waals surface area contributed by atoms with E-state index in [1.807, 2.05) is 6.92 Å². The zero-order valence-electron chi connectivity index (χ0n) is 11.2. The Morgan fingerprint density at radius 2 is 2.17 bits per heavy atom. The van der Waals surface area contributed by atoms with Crippen LogP contribution in [0.2, 0.25) is 0 Å². The van der Waals surface area contributed by atoms with Gasteiger partial charge in [-0.25, -0.2) is 0 Å². The second-order valence-electron chi connectivity index (χ2n) is 5.96. The van der Waals surface area contributed by atoms with Crippen molar-refractivity contribution < 1.29 is 14.3 Å². The van der Waals surface area contributed by atoms with Crippen molar-refractivity contribution in [1.82, 2.24) is 0 Å². The highest BCUT2D eigenvalue weighted by atomic mass is 16.7. The first-order chi connectivity index (χ1) is 8.68. The van der Waals surface area contributed by atoms with Crippen molar-refractivity contribution in [2.45, 2.75) is 45.5 Å². The van der Waals surface area contributed by atoms with Gasteiger partial charge in [-0.1, -0.05) is 19.9 Å². The molecule has 0 amide bonds. The molecule has 0 radical (unpaired) electrons. The summed E-state index contributed by atoms with van der Waals surface area (Å²) < 4.78 is 11.8. The van der Waals surface area contributed by atoms with Gasteiger partial charge in [0, 0.05) is 18.4 Å². The molecule has 3 rings (SSSR count). The number of rotatable bonds is 2. The molecular formula is C15H22O3. The molecule has 1 saturated carbocycles. The summed E-state index contributed by atoms with van der Waals surface area (Å²) in [4.78, 5) is 11.8. The molecule has 0 aromatic carbocycles. The van der Waals surface area contributed by atoms with Gasteiger partial charge >= 0.3 is 0 Å². The predicted octanol–water partition coefficient (Wildman–Crippen LogP) is 2.56. The average Bonchev–Trinajstić information content (AvgIpc) is 2.40. The van der Waals surface area contributed by atoms with Crippen molar-refractivity contribution in [2.24, 2.45) is 23.7 Å². The summed E-state index contributed by atoms with van der Waals surface area (Å²) in [6, 6.07) is 0. The molecule has 1 unspecified atom stereocenters. The molecule has 0 spiro atoms. The van der Waals surface area contributed by atoms with Gasteiger partial charge in [0.15, 0.2) is 12.1 Å². The van der Waals surface area contributed by atoms with Crippen LogP contribution in [0.3, 0.4) is 0 Å². The minimum Gasteiger partial charge on any atom is -0.353 e. The summed E-state index contributed by atoms with van der Waals surface area (Å²) in [5, 5.41) is 0. The van der Waals surface area contributed by atoms with E-state index in [0.29, 0.717) is 17.8 Å². The largest absolute Gasteiger partial charge is 0.353 e. The monoisotopic (exact) mass is 250 g/mol. The van der Waals surface area contributed by atoms with E-state index in [0.717, 1.165) is 19.4 Å². The summed E-state index contributed by atoms with van der Waals surface area (Å²) in [5.74, 6) is 1.74. The second kappa shape index (κ2) is 4.78. The fraction of sp³-hybridized carbons (Fsp3) is 0.800. The van der Waals surface area contributed by atoms with Crippen LogP contribution in [0.1, 0.15) is 33.1 Å². The Hall–Kier alpha value is -0.670. The van der Waals surface area contributed by atoms with Crippen LogP contribution in [0.5, 0.6) is 0 Å². The smallest absolute Gasteiger partial charge is 0.158 e. The van der Waals surface area contributed by atoms with Crippen LogP contribution in [0, 0.1) is 23.7 Å². The minimum atomic E-state index is -0.0413. The quantitative estimate of drug-likeness (QED) is 0.755. The molecule has 1 heterocycles. The summed E-state index contributed by atoms with van der Waals surface area (Å²) in [6.45, 7) is 5.07. The van der Waals surface area contributed by atoms with Gasteiger partial charge in [0.2, 0.25) is 0 Å². The topological polar surface area (TPSA) is 35.5 Å². The lowest BCUT2D eigenvalue weighted by Gasteiger charge is -2.53. The van der Waals surface area contributed by atoms with E-state index in [1.165, 1.54) is 6.42 Å². The van der Waals surface area contributed by atoms with Crippen LogP contribution in [0.15, 0.2) is 12.2 Å². The van der Waals surface area contributed by atoms with Gasteiger partial charge in [-0.15, -0.1) is 0 Å². The number of ether oxygens (including phenoxy) is 2. The number of hydrogen-bond acceptors (Lipinski definition) is 3. The van der Waals surface area contributed by atoms with Crippen molar-refractivity contribution in [2.75, 3.05) is 6.61 Å². The molecule has 0 aromatic heterocycles. The molecular weight excluding hydrogens is 228 g/mol. The first-order valence-corrected chi connectivity index (χ1v) is 7.17. The van der Waals surface area contributed by atoms with E-state index in [2.05, 4.69) is 13.0 Å². The Morgan fingerprint density at radius 3 is 2.89 bits per heavy atom. The van der Waals surface area contributed by atoms with Crippen LogP contribution in [0.4, 0.5) is 0 Å². The summed E-state index contributed by atoms with van der Waals surface area (Å²) >= 11 is 0. The molecule has 1 aliphatic heterocycles. The Morgan fingerprint density at radius 1 is 1.33 bits per heavy atom. The number of allylic oxidation sites excluding steroid dienone is 2. The Balaban J connectivity index is 1.66. The van der Waals surface area contributed by atoms with Crippen molar-refractivity contribution in [3.8, 4) is 0 Å². The van der Waals surface area contributed by atoms with Crippen molar-refractivity contribution in [1.29, 1.82) is 0 Å². The third kappa shape index (κ3) is 1.94. The van der Waals surface area contributed by atoms with Gasteiger partial charge in [-0.05, 0) is 37.2 Å². The normalized spacial score (nSPS) is 47.6. The van der Waals surface area contributed by atoms with Gasteiger partial charge in [0.05, 0.1) is 6.10 Å². The third-order valence-electron chi connectivity index (χ3n) is 4.90. The highest BCUT2D eigenvalue weighted by molar-refractivity contribution is 5.93. The van der Waals surface area contributed by atoms with E-state index in [-0.39, 0.29) is 24.1 Å². The molecule has 2 fully saturated rings. The maximum absolute atomic E-state index is 11.8. The standard InChI is InChI=1S/C15H22O3/c1-9-11-6-7-12(16)10(2)14(11)15(9)18-13-5-3-4-8-17-13/h6-7,9-11,13-15H,3-5,8H2,1-2H3/t9-,10+,11-,13?,14-,15+/m0/s1. The molecule has 2 aliphatic carbocycles. The van der Waals surface area contributed by atoms with Crippen LogP contribution < -0.4 is 0 Å². The zero-order valence-corrected chi connectivity index (χ0v) is 11.2. The van der Waals surface area contributed by atoms with Gasteiger partial charge in [0.1, 0.15) is 0 Å². The maximum atomic E-state index is 11.8. The fourth-order valence-corrected chi connectivity index (χ4v) is 3.67. The third-order valence-corrected chi connectivity index (χ3v) is 4.90. The molecule has 1 saturated heterocycles. The molecule has 3 aliphatic rings. The molecule has 0 N–H and O–H groups in total. The van der Waals surface area contributed by atoms with Gasteiger partial charge < -0.3 is 9.47 Å². The van der Waals surface area contributed by atoms with E-state index in [4.69, 9.17) is 9.47 Å². The second-order valence-corrected chi connectivity index (χ2v) is 5.96.